The van der Waals surface area contributed by atoms with E-state index < -0.39 is 6.10 Å². The van der Waals surface area contributed by atoms with E-state index in [-0.39, 0.29) is 17.8 Å². The number of benzene rings is 2. The van der Waals surface area contributed by atoms with Gasteiger partial charge in [0, 0.05) is 6.08 Å². The van der Waals surface area contributed by atoms with Crippen molar-refractivity contribution in [3.8, 4) is 5.75 Å². The normalized spacial score (nSPS) is 18.3. The molecule has 1 aliphatic rings. The maximum absolute atomic E-state index is 11.3. The largest absolute Gasteiger partial charge is 0.506 e. The van der Waals surface area contributed by atoms with Gasteiger partial charge in [0.05, 0.1) is 11.7 Å². The van der Waals surface area contributed by atoms with E-state index in [1.807, 2.05) is 36.4 Å². The van der Waals surface area contributed by atoms with Crippen LogP contribution in [0.2, 0.25) is 0 Å². The van der Waals surface area contributed by atoms with Gasteiger partial charge < -0.3 is 15.2 Å². The lowest BCUT2D eigenvalue weighted by Gasteiger charge is -2.25. The van der Waals surface area contributed by atoms with Crippen LogP contribution in [0, 0.1) is 0 Å². The number of anilines is 1. The zero-order valence-corrected chi connectivity index (χ0v) is 11.3. The summed E-state index contributed by atoms with van der Waals surface area (Å²) >= 11 is 0. The summed E-state index contributed by atoms with van der Waals surface area (Å²) in [5.41, 5.74) is 1.58. The molecule has 0 unspecified atom stereocenters. The van der Waals surface area contributed by atoms with Crippen LogP contribution < -0.4 is 5.32 Å². The molecule has 0 spiro atoms. The minimum Gasteiger partial charge on any atom is -0.506 e. The highest BCUT2D eigenvalue weighted by molar-refractivity contribution is 5.84. The standard InChI is InChI=1S/C17H15NO3/c19-14-9-5-4-8-13(14)18-17(12-6-2-1-3-7-12)15-10-11-16(20)21-15/h1-11,15,17-19H/t15-,17+/m0/s1. The fourth-order valence-electron chi connectivity index (χ4n) is 2.34. The molecule has 0 amide bonds. The number of para-hydroxylation sites is 2. The van der Waals surface area contributed by atoms with Gasteiger partial charge in [-0.2, -0.15) is 0 Å². The van der Waals surface area contributed by atoms with Gasteiger partial charge in [-0.15, -0.1) is 0 Å². The van der Waals surface area contributed by atoms with Crippen molar-refractivity contribution in [1.29, 1.82) is 0 Å². The molecule has 2 N–H and O–H groups in total. The van der Waals surface area contributed by atoms with Crippen LogP contribution in [0.25, 0.3) is 0 Å². The number of ether oxygens (including phenoxy) is 1. The van der Waals surface area contributed by atoms with Crippen molar-refractivity contribution in [2.24, 2.45) is 0 Å². The van der Waals surface area contributed by atoms with Crippen LogP contribution >= 0.6 is 0 Å². The number of rotatable bonds is 4. The summed E-state index contributed by atoms with van der Waals surface area (Å²) in [7, 11) is 0. The molecule has 4 nitrogen and oxygen atoms in total. The molecule has 21 heavy (non-hydrogen) atoms. The summed E-state index contributed by atoms with van der Waals surface area (Å²) in [4.78, 5) is 11.3. The van der Waals surface area contributed by atoms with E-state index in [0.29, 0.717) is 5.69 Å². The molecule has 2 aromatic carbocycles. The summed E-state index contributed by atoms with van der Waals surface area (Å²) < 4.78 is 5.30. The lowest BCUT2D eigenvalue weighted by Crippen LogP contribution is -2.25. The second-order valence-electron chi connectivity index (χ2n) is 4.81. The van der Waals surface area contributed by atoms with E-state index >= 15 is 0 Å². The van der Waals surface area contributed by atoms with Crippen molar-refractivity contribution in [2.75, 3.05) is 5.32 Å². The summed E-state index contributed by atoms with van der Waals surface area (Å²) in [6.45, 7) is 0. The fourth-order valence-corrected chi connectivity index (χ4v) is 2.34. The lowest BCUT2D eigenvalue weighted by atomic mass is 10.0. The third kappa shape index (κ3) is 2.89. The maximum atomic E-state index is 11.3. The maximum Gasteiger partial charge on any atom is 0.331 e. The van der Waals surface area contributed by atoms with Crippen molar-refractivity contribution in [3.63, 3.8) is 0 Å². The van der Waals surface area contributed by atoms with Crippen LogP contribution in [0.1, 0.15) is 11.6 Å². The Morgan fingerprint density at radius 1 is 1.05 bits per heavy atom. The molecule has 0 saturated heterocycles. The molecule has 0 saturated carbocycles. The lowest BCUT2D eigenvalue weighted by molar-refractivity contribution is -0.139. The monoisotopic (exact) mass is 281 g/mol. The van der Waals surface area contributed by atoms with E-state index in [9.17, 15) is 9.90 Å². The van der Waals surface area contributed by atoms with E-state index in [0.717, 1.165) is 5.56 Å². The van der Waals surface area contributed by atoms with Crippen LogP contribution in [0.15, 0.2) is 66.7 Å². The Hall–Kier alpha value is -2.75. The Kier molecular flexibility index (Phi) is 3.60. The number of phenolic OH excluding ortho intramolecular Hbond substituents is 1. The van der Waals surface area contributed by atoms with Gasteiger partial charge in [-0.3, -0.25) is 0 Å². The Bertz CT molecular complexity index is 667. The molecular weight excluding hydrogens is 266 g/mol. The molecule has 4 heteroatoms. The third-order valence-corrected chi connectivity index (χ3v) is 3.38. The predicted octanol–water partition coefficient (Wildman–Crippen LogP) is 3.03. The highest BCUT2D eigenvalue weighted by Crippen LogP contribution is 2.31. The number of cyclic esters (lactones) is 1. The smallest absolute Gasteiger partial charge is 0.331 e. The van der Waals surface area contributed by atoms with Crippen LogP contribution in [0.4, 0.5) is 5.69 Å². The zero-order valence-electron chi connectivity index (χ0n) is 11.3. The number of carbonyl (C=O) groups excluding carboxylic acids is 1. The van der Waals surface area contributed by atoms with Crippen LogP contribution in [0.5, 0.6) is 5.75 Å². The van der Waals surface area contributed by atoms with Gasteiger partial charge in [-0.05, 0) is 23.8 Å². The molecule has 0 radical (unpaired) electrons. The first-order chi connectivity index (χ1) is 10.2. The minimum absolute atomic E-state index is 0.159. The molecule has 1 aliphatic heterocycles. The first-order valence-electron chi connectivity index (χ1n) is 6.72. The van der Waals surface area contributed by atoms with E-state index in [2.05, 4.69) is 5.32 Å². The average Bonchev–Trinajstić information content (AvgIpc) is 2.93. The van der Waals surface area contributed by atoms with Crippen molar-refractivity contribution < 1.29 is 14.6 Å². The SMILES string of the molecule is O=C1C=C[C@@H]([C@H](Nc2ccccc2O)c2ccccc2)O1. The Morgan fingerprint density at radius 2 is 1.76 bits per heavy atom. The van der Waals surface area contributed by atoms with E-state index in [1.165, 1.54) is 6.08 Å². The van der Waals surface area contributed by atoms with Gasteiger partial charge >= 0.3 is 5.97 Å². The summed E-state index contributed by atoms with van der Waals surface area (Å²) in [5, 5.41) is 13.2. The first kappa shape index (κ1) is 13.2. The van der Waals surface area contributed by atoms with Crippen LogP contribution in [0.3, 0.4) is 0 Å². The molecule has 0 bridgehead atoms. The summed E-state index contributed by atoms with van der Waals surface area (Å²) in [5.74, 6) is -0.188. The Morgan fingerprint density at radius 3 is 2.43 bits per heavy atom. The molecule has 2 atom stereocenters. The first-order valence-corrected chi connectivity index (χ1v) is 6.72. The second-order valence-corrected chi connectivity index (χ2v) is 4.81. The molecule has 106 valence electrons. The van der Waals surface area contributed by atoms with Gasteiger partial charge in [0.25, 0.3) is 0 Å². The van der Waals surface area contributed by atoms with Gasteiger partial charge in [0.15, 0.2) is 0 Å². The van der Waals surface area contributed by atoms with Crippen molar-refractivity contribution >= 4 is 11.7 Å². The van der Waals surface area contributed by atoms with Crippen molar-refractivity contribution in [2.45, 2.75) is 12.1 Å². The quantitative estimate of drug-likeness (QED) is 0.668. The molecule has 0 fully saturated rings. The average molecular weight is 281 g/mol. The Balaban J connectivity index is 1.91. The number of hydrogen-bond acceptors (Lipinski definition) is 4. The van der Waals surface area contributed by atoms with E-state index in [4.69, 9.17) is 4.74 Å². The minimum atomic E-state index is -0.403. The fraction of sp³-hybridized carbons (Fsp3) is 0.118. The second kappa shape index (κ2) is 5.71. The topological polar surface area (TPSA) is 58.6 Å². The summed E-state index contributed by atoms with van der Waals surface area (Å²) in [6, 6.07) is 16.4. The molecule has 0 aliphatic carbocycles. The van der Waals surface area contributed by atoms with Crippen LogP contribution in [-0.4, -0.2) is 17.2 Å². The van der Waals surface area contributed by atoms with Gasteiger partial charge in [0.2, 0.25) is 0 Å². The van der Waals surface area contributed by atoms with Crippen LogP contribution in [-0.2, 0) is 9.53 Å². The highest BCUT2D eigenvalue weighted by Gasteiger charge is 2.28. The number of esters is 1. The Labute approximate surface area is 122 Å². The number of nitrogens with one attached hydrogen (secondary N) is 1. The molecule has 0 aromatic heterocycles. The number of hydrogen-bond donors (Lipinski definition) is 2. The molecular formula is C17H15NO3. The molecule has 1 heterocycles. The molecule has 2 aromatic rings. The number of phenols is 1. The van der Waals surface area contributed by atoms with Gasteiger partial charge in [-0.25, -0.2) is 4.79 Å². The highest BCUT2D eigenvalue weighted by atomic mass is 16.5. The number of aromatic hydroxyl groups is 1. The van der Waals surface area contributed by atoms with Gasteiger partial charge in [0.1, 0.15) is 11.9 Å². The zero-order chi connectivity index (χ0) is 14.7. The van der Waals surface area contributed by atoms with Gasteiger partial charge in [-0.1, -0.05) is 42.5 Å². The summed E-state index contributed by atoms with van der Waals surface area (Å²) in [6.07, 6.45) is 2.75. The predicted molar refractivity (Wildman–Crippen MR) is 79.9 cm³/mol. The van der Waals surface area contributed by atoms with Crippen molar-refractivity contribution in [3.05, 3.63) is 72.3 Å². The third-order valence-electron chi connectivity index (χ3n) is 3.38. The molecule has 3 rings (SSSR count). The van der Waals surface area contributed by atoms with E-state index in [1.54, 1.807) is 24.3 Å². The number of carbonyl (C=O) groups is 1. The van der Waals surface area contributed by atoms with Crippen molar-refractivity contribution in [1.82, 2.24) is 0 Å².